The Labute approximate surface area is 114 Å². The molecule has 104 valence electrons. The Hall–Kier alpha value is -1.39. The molecule has 1 aliphatic rings. The Kier molecular flexibility index (Phi) is 4.56. The van der Waals surface area contributed by atoms with Gasteiger partial charge in [-0.2, -0.15) is 0 Å². The summed E-state index contributed by atoms with van der Waals surface area (Å²) in [5.41, 5.74) is 1.69. The highest BCUT2D eigenvalue weighted by atomic mass is 16.5. The number of anilines is 1. The van der Waals surface area contributed by atoms with E-state index in [9.17, 15) is 9.90 Å². The van der Waals surface area contributed by atoms with Crippen LogP contribution in [0.3, 0.4) is 0 Å². The minimum atomic E-state index is -0.460. The van der Waals surface area contributed by atoms with Crippen molar-refractivity contribution in [1.29, 1.82) is 0 Å². The van der Waals surface area contributed by atoms with E-state index in [2.05, 4.69) is 0 Å². The number of hydrogen-bond donors (Lipinski definition) is 1. The second kappa shape index (κ2) is 6.17. The van der Waals surface area contributed by atoms with E-state index in [1.165, 1.54) is 0 Å². The molecule has 0 aromatic heterocycles. The van der Waals surface area contributed by atoms with E-state index in [1.54, 1.807) is 12.0 Å². The second-order valence-electron chi connectivity index (χ2n) is 4.99. The molecule has 4 heteroatoms. The molecule has 1 aliphatic heterocycles. The third kappa shape index (κ3) is 3.14. The van der Waals surface area contributed by atoms with Crippen LogP contribution < -0.4 is 4.90 Å². The van der Waals surface area contributed by atoms with Crippen molar-refractivity contribution in [2.24, 2.45) is 0 Å². The van der Waals surface area contributed by atoms with Crippen molar-refractivity contribution in [2.75, 3.05) is 18.6 Å². The summed E-state index contributed by atoms with van der Waals surface area (Å²) < 4.78 is 5.16. The fourth-order valence-electron chi connectivity index (χ4n) is 2.38. The maximum Gasteiger partial charge on any atom is 0.227 e. The van der Waals surface area contributed by atoms with Crippen molar-refractivity contribution < 1.29 is 14.6 Å². The van der Waals surface area contributed by atoms with Gasteiger partial charge in [-0.3, -0.25) is 4.79 Å². The first-order valence-corrected chi connectivity index (χ1v) is 6.73. The number of rotatable bonds is 4. The third-order valence-electron chi connectivity index (χ3n) is 3.68. The minimum Gasteiger partial charge on any atom is -0.388 e. The molecule has 0 aliphatic carbocycles. The number of carbonyl (C=O) groups is 1. The van der Waals surface area contributed by atoms with E-state index >= 15 is 0 Å². The Morgan fingerprint density at radius 1 is 1.53 bits per heavy atom. The summed E-state index contributed by atoms with van der Waals surface area (Å²) in [6.07, 6.45) is 1.42. The van der Waals surface area contributed by atoms with E-state index < -0.39 is 6.10 Å². The van der Waals surface area contributed by atoms with Crippen LogP contribution in [0.25, 0.3) is 0 Å². The Morgan fingerprint density at radius 2 is 2.26 bits per heavy atom. The highest BCUT2D eigenvalue weighted by Gasteiger charge is 2.26. The van der Waals surface area contributed by atoms with Crippen LogP contribution in [0.15, 0.2) is 24.3 Å². The Balaban J connectivity index is 2.09. The zero-order valence-electron chi connectivity index (χ0n) is 11.5. The van der Waals surface area contributed by atoms with Gasteiger partial charge in [0.25, 0.3) is 0 Å². The van der Waals surface area contributed by atoms with Gasteiger partial charge in [-0.15, -0.1) is 0 Å². The van der Waals surface area contributed by atoms with Crippen molar-refractivity contribution in [2.45, 2.75) is 38.4 Å². The van der Waals surface area contributed by atoms with Gasteiger partial charge in [0.2, 0.25) is 5.91 Å². The lowest BCUT2D eigenvalue weighted by Gasteiger charge is -2.32. The SMILES string of the molecule is COC(C)CCC(=O)N1CCC(O)c2ccccc21. The van der Waals surface area contributed by atoms with Crippen molar-refractivity contribution in [3.8, 4) is 0 Å². The first-order valence-electron chi connectivity index (χ1n) is 6.73. The smallest absolute Gasteiger partial charge is 0.227 e. The maximum absolute atomic E-state index is 12.3. The Bertz CT molecular complexity index is 447. The molecule has 1 heterocycles. The Morgan fingerprint density at radius 3 is 3.00 bits per heavy atom. The van der Waals surface area contributed by atoms with Gasteiger partial charge in [0.05, 0.1) is 12.2 Å². The molecule has 19 heavy (non-hydrogen) atoms. The van der Waals surface area contributed by atoms with Crippen LogP contribution in [0.5, 0.6) is 0 Å². The molecular formula is C15H21NO3. The van der Waals surface area contributed by atoms with E-state index in [4.69, 9.17) is 4.74 Å². The van der Waals surface area contributed by atoms with E-state index in [1.807, 2.05) is 31.2 Å². The number of aliphatic hydroxyl groups is 1. The first kappa shape index (κ1) is 14.0. The van der Waals surface area contributed by atoms with Gasteiger partial charge in [-0.25, -0.2) is 0 Å². The third-order valence-corrected chi connectivity index (χ3v) is 3.68. The first-order chi connectivity index (χ1) is 9.13. The second-order valence-corrected chi connectivity index (χ2v) is 4.99. The molecule has 1 amide bonds. The molecule has 1 aromatic rings. The van der Waals surface area contributed by atoms with Crippen LogP contribution in [0, 0.1) is 0 Å². The molecule has 0 saturated heterocycles. The minimum absolute atomic E-state index is 0.0922. The largest absolute Gasteiger partial charge is 0.388 e. The summed E-state index contributed by atoms with van der Waals surface area (Å²) in [5, 5.41) is 9.96. The number of para-hydroxylation sites is 1. The van der Waals surface area contributed by atoms with Crippen LogP contribution in [0.2, 0.25) is 0 Å². The number of aliphatic hydroxyl groups excluding tert-OH is 1. The van der Waals surface area contributed by atoms with Crippen LogP contribution in [-0.4, -0.2) is 30.8 Å². The highest BCUT2D eigenvalue weighted by Crippen LogP contribution is 2.33. The van der Waals surface area contributed by atoms with Gasteiger partial charge in [-0.05, 0) is 25.8 Å². The summed E-state index contributed by atoms with van der Waals surface area (Å²) in [6, 6.07) is 7.57. The molecule has 2 rings (SSSR count). The van der Waals surface area contributed by atoms with Crippen LogP contribution in [0.1, 0.15) is 37.9 Å². The summed E-state index contributed by atoms with van der Waals surface area (Å²) in [7, 11) is 1.65. The molecule has 2 atom stereocenters. The summed E-state index contributed by atoms with van der Waals surface area (Å²) in [6.45, 7) is 2.54. The lowest BCUT2D eigenvalue weighted by molar-refractivity contribution is -0.119. The standard InChI is InChI=1S/C15H21NO3/c1-11(19-2)7-8-15(18)16-10-9-14(17)12-5-3-4-6-13(12)16/h3-6,11,14,17H,7-10H2,1-2H3. The number of ether oxygens (including phenoxy) is 1. The average molecular weight is 263 g/mol. The van der Waals surface area contributed by atoms with E-state index in [0.717, 1.165) is 17.7 Å². The molecule has 0 spiro atoms. The number of amides is 1. The lowest BCUT2D eigenvalue weighted by atomic mass is 9.98. The molecule has 0 bridgehead atoms. The van der Waals surface area contributed by atoms with E-state index in [-0.39, 0.29) is 12.0 Å². The maximum atomic E-state index is 12.3. The number of methoxy groups -OCH3 is 1. The van der Waals surface area contributed by atoms with Crippen LogP contribution in [-0.2, 0) is 9.53 Å². The number of hydrogen-bond acceptors (Lipinski definition) is 3. The number of fused-ring (bicyclic) bond motifs is 1. The van der Waals surface area contributed by atoms with Crippen molar-refractivity contribution in [3.05, 3.63) is 29.8 Å². The number of benzene rings is 1. The molecule has 0 radical (unpaired) electrons. The molecule has 1 N–H and O–H groups in total. The summed E-state index contributed by atoms with van der Waals surface area (Å²) >= 11 is 0. The molecule has 4 nitrogen and oxygen atoms in total. The van der Waals surface area contributed by atoms with Crippen molar-refractivity contribution in [3.63, 3.8) is 0 Å². The van der Waals surface area contributed by atoms with Crippen molar-refractivity contribution >= 4 is 11.6 Å². The summed E-state index contributed by atoms with van der Waals surface area (Å²) in [4.78, 5) is 14.1. The van der Waals surface area contributed by atoms with Gasteiger partial charge < -0.3 is 14.7 Å². The van der Waals surface area contributed by atoms with Gasteiger partial charge in [0.15, 0.2) is 0 Å². The lowest BCUT2D eigenvalue weighted by Crippen LogP contribution is -2.37. The normalized spacial score (nSPS) is 19.9. The average Bonchev–Trinajstić information content (AvgIpc) is 2.45. The highest BCUT2D eigenvalue weighted by molar-refractivity contribution is 5.94. The van der Waals surface area contributed by atoms with Crippen LogP contribution >= 0.6 is 0 Å². The molecule has 0 fully saturated rings. The zero-order chi connectivity index (χ0) is 13.8. The molecule has 2 unspecified atom stereocenters. The fourth-order valence-corrected chi connectivity index (χ4v) is 2.38. The van der Waals surface area contributed by atoms with Gasteiger partial charge in [-0.1, -0.05) is 18.2 Å². The monoisotopic (exact) mass is 263 g/mol. The zero-order valence-corrected chi connectivity index (χ0v) is 11.5. The predicted octanol–water partition coefficient (Wildman–Crippen LogP) is 2.27. The molecular weight excluding hydrogens is 242 g/mol. The van der Waals surface area contributed by atoms with Crippen molar-refractivity contribution in [1.82, 2.24) is 0 Å². The molecule has 0 saturated carbocycles. The quantitative estimate of drug-likeness (QED) is 0.906. The molecule has 1 aromatic carbocycles. The number of carbonyl (C=O) groups excluding carboxylic acids is 1. The fraction of sp³-hybridized carbons (Fsp3) is 0.533. The topological polar surface area (TPSA) is 49.8 Å². The summed E-state index contributed by atoms with van der Waals surface area (Å²) in [5.74, 6) is 0.100. The van der Waals surface area contributed by atoms with E-state index in [0.29, 0.717) is 19.4 Å². The van der Waals surface area contributed by atoms with Gasteiger partial charge in [0.1, 0.15) is 0 Å². The number of nitrogens with zero attached hydrogens (tertiary/aromatic N) is 1. The van der Waals surface area contributed by atoms with Gasteiger partial charge in [0, 0.05) is 31.3 Å². The van der Waals surface area contributed by atoms with Crippen LogP contribution in [0.4, 0.5) is 5.69 Å². The van der Waals surface area contributed by atoms with Gasteiger partial charge >= 0.3 is 0 Å². The predicted molar refractivity (Wildman–Crippen MR) is 74.1 cm³/mol.